The molecule has 0 unspecified atom stereocenters. The van der Waals surface area contributed by atoms with Crippen LogP contribution in [0.3, 0.4) is 0 Å². The third-order valence-electron chi connectivity index (χ3n) is 3.18. The molecule has 1 aliphatic rings. The summed E-state index contributed by atoms with van der Waals surface area (Å²) in [7, 11) is 0. The zero-order valence-electron chi connectivity index (χ0n) is 10.0. The highest BCUT2D eigenvalue weighted by Crippen LogP contribution is 2.32. The smallest absolute Gasteiger partial charge is 0.312 e. The fourth-order valence-electron chi connectivity index (χ4n) is 2.18. The SMILES string of the molecule is Nc1nc(F)nc2c1ncn2[C@@H]1O[C@H](CCl)[C@@H](O)[C@H]1O. The van der Waals surface area contributed by atoms with Crippen molar-refractivity contribution in [2.75, 3.05) is 11.6 Å². The lowest BCUT2D eigenvalue weighted by molar-refractivity contribution is -0.0292. The minimum absolute atomic E-state index is 0.00679. The van der Waals surface area contributed by atoms with Crippen LogP contribution in [0.2, 0.25) is 0 Å². The van der Waals surface area contributed by atoms with Gasteiger partial charge in [0.2, 0.25) is 0 Å². The Kier molecular flexibility index (Phi) is 3.21. The molecule has 0 amide bonds. The van der Waals surface area contributed by atoms with Gasteiger partial charge in [-0.25, -0.2) is 4.98 Å². The number of hydrogen-bond acceptors (Lipinski definition) is 7. The number of nitrogens with zero attached hydrogens (tertiary/aromatic N) is 4. The molecule has 0 bridgehead atoms. The van der Waals surface area contributed by atoms with Crippen LogP contribution in [0.4, 0.5) is 10.2 Å². The number of nitrogens with two attached hydrogens (primary N) is 1. The fraction of sp³-hybridized carbons (Fsp3) is 0.500. The predicted octanol–water partition coefficient (Wildman–Crippen LogP) is -0.594. The number of alkyl halides is 1. The fourth-order valence-corrected chi connectivity index (χ4v) is 2.44. The third-order valence-corrected chi connectivity index (χ3v) is 3.49. The van der Waals surface area contributed by atoms with Crippen molar-refractivity contribution in [2.24, 2.45) is 0 Å². The molecule has 0 saturated carbocycles. The Labute approximate surface area is 117 Å². The lowest BCUT2D eigenvalue weighted by Crippen LogP contribution is -2.32. The zero-order valence-corrected chi connectivity index (χ0v) is 10.8. The maximum Gasteiger partial charge on any atom is 0.312 e. The van der Waals surface area contributed by atoms with Crippen molar-refractivity contribution in [1.29, 1.82) is 0 Å². The van der Waals surface area contributed by atoms with E-state index in [4.69, 9.17) is 22.1 Å². The molecule has 0 spiro atoms. The molecule has 1 saturated heterocycles. The summed E-state index contributed by atoms with van der Waals surface area (Å²) >= 11 is 5.64. The Morgan fingerprint density at radius 2 is 2.15 bits per heavy atom. The van der Waals surface area contributed by atoms with Crippen LogP contribution >= 0.6 is 11.6 Å². The maximum absolute atomic E-state index is 13.2. The molecule has 10 heteroatoms. The first-order valence-electron chi connectivity index (χ1n) is 5.76. The van der Waals surface area contributed by atoms with Crippen LogP contribution in [0, 0.1) is 6.08 Å². The van der Waals surface area contributed by atoms with Crippen LogP contribution in [-0.4, -0.2) is 53.9 Å². The lowest BCUT2D eigenvalue weighted by atomic mass is 10.1. The van der Waals surface area contributed by atoms with E-state index >= 15 is 0 Å². The van der Waals surface area contributed by atoms with Gasteiger partial charge in [0.05, 0.1) is 12.2 Å². The number of ether oxygens (including phenoxy) is 1. The van der Waals surface area contributed by atoms with Crippen LogP contribution in [0.15, 0.2) is 6.33 Å². The van der Waals surface area contributed by atoms with Gasteiger partial charge in [0.15, 0.2) is 23.2 Å². The summed E-state index contributed by atoms with van der Waals surface area (Å²) < 4.78 is 20.0. The van der Waals surface area contributed by atoms with Crippen molar-refractivity contribution in [3.8, 4) is 0 Å². The Balaban J connectivity index is 2.07. The van der Waals surface area contributed by atoms with Gasteiger partial charge >= 0.3 is 6.08 Å². The molecule has 8 nitrogen and oxygen atoms in total. The van der Waals surface area contributed by atoms with Gasteiger partial charge in [-0.2, -0.15) is 14.4 Å². The standard InChI is InChI=1S/C10H11ClFN5O3/c11-1-3-5(18)6(19)9(20-3)17-2-14-4-7(13)15-10(12)16-8(4)17/h2-3,5-6,9,18-19H,1H2,(H2,13,15,16)/t3-,5-,6-,9-/m1/s1. The van der Waals surface area contributed by atoms with Crippen LogP contribution in [0.5, 0.6) is 0 Å². The minimum atomic E-state index is -1.24. The molecular weight excluding hydrogens is 293 g/mol. The van der Waals surface area contributed by atoms with Gasteiger partial charge in [0.1, 0.15) is 18.3 Å². The summed E-state index contributed by atoms with van der Waals surface area (Å²) in [5, 5.41) is 19.8. The Morgan fingerprint density at radius 1 is 1.40 bits per heavy atom. The highest BCUT2D eigenvalue weighted by atomic mass is 35.5. The van der Waals surface area contributed by atoms with Crippen molar-refractivity contribution >= 4 is 28.6 Å². The molecule has 3 heterocycles. The van der Waals surface area contributed by atoms with Crippen molar-refractivity contribution in [3.05, 3.63) is 12.4 Å². The Hall–Kier alpha value is -1.55. The number of nitrogen functional groups attached to an aromatic ring is 1. The second kappa shape index (κ2) is 4.77. The number of fused-ring (bicyclic) bond motifs is 1. The lowest BCUT2D eigenvalue weighted by Gasteiger charge is -2.16. The number of aromatic nitrogens is 4. The van der Waals surface area contributed by atoms with E-state index in [0.717, 1.165) is 0 Å². The van der Waals surface area contributed by atoms with Crippen LogP contribution in [0.1, 0.15) is 6.23 Å². The normalized spacial score (nSPS) is 30.2. The number of halogens is 2. The Morgan fingerprint density at radius 3 is 2.80 bits per heavy atom. The first-order chi connectivity index (χ1) is 9.52. The summed E-state index contributed by atoms with van der Waals surface area (Å²) in [5.74, 6) is -0.111. The number of rotatable bonds is 2. The van der Waals surface area contributed by atoms with Gasteiger partial charge in [-0.15, -0.1) is 11.6 Å². The second-order valence-electron chi connectivity index (χ2n) is 4.40. The van der Waals surface area contributed by atoms with Crippen molar-refractivity contribution in [3.63, 3.8) is 0 Å². The largest absolute Gasteiger partial charge is 0.387 e. The molecule has 2 aromatic rings. The van der Waals surface area contributed by atoms with E-state index in [9.17, 15) is 14.6 Å². The van der Waals surface area contributed by atoms with E-state index in [2.05, 4.69) is 15.0 Å². The molecule has 1 aliphatic heterocycles. The summed E-state index contributed by atoms with van der Waals surface area (Å²) in [4.78, 5) is 10.9. The quantitative estimate of drug-likeness (QED) is 0.501. The number of hydrogen-bond donors (Lipinski definition) is 3. The van der Waals surface area contributed by atoms with Crippen LogP contribution < -0.4 is 5.73 Å². The maximum atomic E-state index is 13.2. The summed E-state index contributed by atoms with van der Waals surface area (Å²) in [6.07, 6.45) is -3.84. The average molecular weight is 304 g/mol. The summed E-state index contributed by atoms with van der Waals surface area (Å²) in [5.41, 5.74) is 5.80. The summed E-state index contributed by atoms with van der Waals surface area (Å²) in [6, 6.07) is 0. The number of anilines is 1. The van der Waals surface area contributed by atoms with Crippen LogP contribution in [-0.2, 0) is 4.74 Å². The molecule has 2 aromatic heterocycles. The third kappa shape index (κ3) is 1.90. The molecule has 3 rings (SSSR count). The predicted molar refractivity (Wildman–Crippen MR) is 66.3 cm³/mol. The van der Waals surface area contributed by atoms with E-state index in [-0.39, 0.29) is 22.9 Å². The first-order valence-corrected chi connectivity index (χ1v) is 6.29. The van der Waals surface area contributed by atoms with Gasteiger partial charge in [-0.1, -0.05) is 0 Å². The molecule has 20 heavy (non-hydrogen) atoms. The van der Waals surface area contributed by atoms with E-state index < -0.39 is 30.6 Å². The molecule has 0 radical (unpaired) electrons. The van der Waals surface area contributed by atoms with Gasteiger partial charge in [0.25, 0.3) is 0 Å². The van der Waals surface area contributed by atoms with Crippen molar-refractivity contribution in [1.82, 2.24) is 19.5 Å². The number of aliphatic hydroxyl groups is 2. The topological polar surface area (TPSA) is 119 Å². The first kappa shape index (κ1) is 13.4. The zero-order chi connectivity index (χ0) is 14.4. The molecule has 108 valence electrons. The van der Waals surface area contributed by atoms with Gasteiger partial charge in [-0.3, -0.25) is 4.57 Å². The highest BCUT2D eigenvalue weighted by Gasteiger charge is 2.43. The monoisotopic (exact) mass is 303 g/mol. The number of aliphatic hydroxyl groups excluding tert-OH is 2. The van der Waals surface area contributed by atoms with Crippen molar-refractivity contribution in [2.45, 2.75) is 24.5 Å². The van der Waals surface area contributed by atoms with E-state index in [0.29, 0.717) is 0 Å². The molecule has 0 aromatic carbocycles. The molecule has 0 aliphatic carbocycles. The van der Waals surface area contributed by atoms with E-state index in [1.165, 1.54) is 10.9 Å². The second-order valence-corrected chi connectivity index (χ2v) is 4.71. The van der Waals surface area contributed by atoms with Crippen molar-refractivity contribution < 1.29 is 19.3 Å². The Bertz CT molecular complexity index is 653. The highest BCUT2D eigenvalue weighted by molar-refractivity contribution is 6.18. The van der Waals surface area contributed by atoms with E-state index in [1.54, 1.807) is 0 Å². The van der Waals surface area contributed by atoms with Crippen LogP contribution in [0.25, 0.3) is 11.2 Å². The van der Waals surface area contributed by atoms with Gasteiger partial charge < -0.3 is 20.7 Å². The number of imidazole rings is 1. The van der Waals surface area contributed by atoms with Gasteiger partial charge in [0, 0.05) is 0 Å². The minimum Gasteiger partial charge on any atom is -0.387 e. The van der Waals surface area contributed by atoms with E-state index in [1.807, 2.05) is 0 Å². The molecule has 4 atom stereocenters. The average Bonchev–Trinajstić information content (AvgIpc) is 2.93. The summed E-state index contributed by atoms with van der Waals surface area (Å²) in [6.45, 7) is 0. The molecular formula is C10H11ClFN5O3. The molecule has 4 N–H and O–H groups in total. The van der Waals surface area contributed by atoms with Gasteiger partial charge in [-0.05, 0) is 0 Å². The molecule has 1 fully saturated rings.